The molecule has 0 amide bonds. The van der Waals surface area contributed by atoms with E-state index in [-0.39, 0.29) is 0 Å². The third-order valence-electron chi connectivity index (χ3n) is 3.46. The van der Waals surface area contributed by atoms with Crippen molar-refractivity contribution in [3.8, 4) is 0 Å². The maximum atomic E-state index is 5.93. The summed E-state index contributed by atoms with van der Waals surface area (Å²) in [4.78, 5) is 8.52. The number of nitrogens with two attached hydrogens (primary N) is 1. The number of hydrogen-bond donors (Lipinski definition) is 1. The first-order chi connectivity index (χ1) is 7.58. The molecule has 1 aliphatic heterocycles. The highest BCUT2D eigenvalue weighted by Crippen LogP contribution is 2.28. The molecule has 90 valence electrons. The topological polar surface area (TPSA) is 42.2 Å². The Hall–Kier alpha value is -0.450. The van der Waals surface area contributed by atoms with Crippen LogP contribution in [0.25, 0.3) is 0 Å². The fourth-order valence-corrected chi connectivity index (χ4v) is 3.32. The molecule has 1 fully saturated rings. The molecule has 0 aliphatic carbocycles. The molecule has 1 aromatic heterocycles. The Labute approximate surface area is 102 Å². The third kappa shape index (κ3) is 2.44. The zero-order valence-corrected chi connectivity index (χ0v) is 11.2. The van der Waals surface area contributed by atoms with Gasteiger partial charge in [-0.25, -0.2) is 4.98 Å². The molecule has 1 unspecified atom stereocenters. The number of hydrogen-bond acceptors (Lipinski definition) is 4. The Morgan fingerprint density at radius 1 is 1.38 bits per heavy atom. The Morgan fingerprint density at radius 3 is 2.50 bits per heavy atom. The first kappa shape index (κ1) is 12.0. The number of aromatic nitrogens is 1. The molecule has 1 saturated heterocycles. The Morgan fingerprint density at radius 2 is 2.00 bits per heavy atom. The minimum absolute atomic E-state index is 0.404. The summed E-state index contributed by atoms with van der Waals surface area (Å²) in [5, 5.41) is 1.17. The van der Waals surface area contributed by atoms with Gasteiger partial charge in [0.25, 0.3) is 0 Å². The molecule has 2 N–H and O–H groups in total. The molecular weight excluding hydrogens is 218 g/mol. The number of piperidine rings is 1. The van der Waals surface area contributed by atoms with Crippen LogP contribution in [-0.2, 0) is 0 Å². The maximum Gasteiger partial charge on any atom is 0.0900 e. The van der Waals surface area contributed by atoms with E-state index >= 15 is 0 Å². The average molecular weight is 239 g/mol. The monoisotopic (exact) mass is 239 g/mol. The molecule has 2 rings (SSSR count). The van der Waals surface area contributed by atoms with Gasteiger partial charge in [0, 0.05) is 24.0 Å². The van der Waals surface area contributed by atoms with E-state index in [9.17, 15) is 0 Å². The number of thiazole rings is 1. The van der Waals surface area contributed by atoms with Crippen LogP contribution in [0.5, 0.6) is 0 Å². The van der Waals surface area contributed by atoms with Crippen molar-refractivity contribution in [2.75, 3.05) is 13.1 Å². The summed E-state index contributed by atoms with van der Waals surface area (Å²) in [6.45, 7) is 8.74. The lowest BCUT2D eigenvalue weighted by Gasteiger charge is -2.34. The lowest BCUT2D eigenvalue weighted by molar-refractivity contribution is 0.160. The lowest BCUT2D eigenvalue weighted by atomic mass is 10.0. The van der Waals surface area contributed by atoms with Gasteiger partial charge < -0.3 is 5.73 Å². The second-order valence-electron chi connectivity index (χ2n) is 4.72. The summed E-state index contributed by atoms with van der Waals surface area (Å²) in [7, 11) is 0. The Bertz CT molecular complexity index is 353. The summed E-state index contributed by atoms with van der Waals surface area (Å²) in [6.07, 6.45) is 2.24. The van der Waals surface area contributed by atoms with Crippen LogP contribution in [0, 0.1) is 13.8 Å². The summed E-state index contributed by atoms with van der Waals surface area (Å²) < 4.78 is 0. The molecule has 0 aromatic carbocycles. The average Bonchev–Trinajstić information content (AvgIpc) is 2.58. The van der Waals surface area contributed by atoms with Crippen molar-refractivity contribution in [3.63, 3.8) is 0 Å². The largest absolute Gasteiger partial charge is 0.328 e. The Balaban J connectivity index is 2.07. The third-order valence-corrected chi connectivity index (χ3v) is 4.36. The van der Waals surface area contributed by atoms with Crippen molar-refractivity contribution in [2.24, 2.45) is 5.73 Å². The van der Waals surface area contributed by atoms with Crippen molar-refractivity contribution >= 4 is 11.3 Å². The van der Waals surface area contributed by atoms with Crippen molar-refractivity contribution in [3.05, 3.63) is 15.6 Å². The van der Waals surface area contributed by atoms with E-state index in [4.69, 9.17) is 5.73 Å². The van der Waals surface area contributed by atoms with Crippen LogP contribution in [0.2, 0.25) is 0 Å². The van der Waals surface area contributed by atoms with Gasteiger partial charge in [0.2, 0.25) is 0 Å². The zero-order chi connectivity index (χ0) is 11.7. The SMILES string of the molecule is Cc1nc(C(C)N2CCC(N)CC2)c(C)s1. The van der Waals surface area contributed by atoms with Crippen LogP contribution in [0.15, 0.2) is 0 Å². The number of likely N-dealkylation sites (tertiary alicyclic amines) is 1. The second kappa shape index (κ2) is 4.82. The van der Waals surface area contributed by atoms with Gasteiger partial charge >= 0.3 is 0 Å². The number of aryl methyl sites for hydroxylation is 2. The molecule has 0 radical (unpaired) electrons. The van der Waals surface area contributed by atoms with Crippen molar-refractivity contribution in [2.45, 2.75) is 45.7 Å². The molecule has 2 heterocycles. The van der Waals surface area contributed by atoms with Crippen molar-refractivity contribution in [1.29, 1.82) is 0 Å². The van der Waals surface area contributed by atoms with Gasteiger partial charge in [-0.05, 0) is 33.6 Å². The van der Waals surface area contributed by atoms with Crippen LogP contribution < -0.4 is 5.73 Å². The zero-order valence-electron chi connectivity index (χ0n) is 10.4. The van der Waals surface area contributed by atoms with E-state index in [0.29, 0.717) is 12.1 Å². The molecular formula is C12H21N3S. The van der Waals surface area contributed by atoms with Gasteiger partial charge in [-0.15, -0.1) is 11.3 Å². The predicted molar refractivity (Wildman–Crippen MR) is 68.8 cm³/mol. The first-order valence-corrected chi connectivity index (χ1v) is 6.83. The normalized spacial score (nSPS) is 21.2. The van der Waals surface area contributed by atoms with Crippen molar-refractivity contribution in [1.82, 2.24) is 9.88 Å². The number of rotatable bonds is 2. The summed E-state index contributed by atoms with van der Waals surface area (Å²) in [6, 6.07) is 0.846. The molecule has 3 nitrogen and oxygen atoms in total. The first-order valence-electron chi connectivity index (χ1n) is 6.01. The standard InChI is InChI=1S/C12H21N3S/c1-8(12-9(2)16-10(3)14-12)15-6-4-11(13)5-7-15/h8,11H,4-7,13H2,1-3H3. The Kier molecular flexibility index (Phi) is 3.62. The molecule has 0 saturated carbocycles. The van der Waals surface area contributed by atoms with E-state index in [0.717, 1.165) is 25.9 Å². The van der Waals surface area contributed by atoms with Gasteiger partial charge in [-0.2, -0.15) is 0 Å². The van der Waals surface area contributed by atoms with E-state index in [1.807, 2.05) is 0 Å². The van der Waals surface area contributed by atoms with Gasteiger partial charge in [0.15, 0.2) is 0 Å². The van der Waals surface area contributed by atoms with Crippen molar-refractivity contribution < 1.29 is 0 Å². The molecule has 0 bridgehead atoms. The van der Waals surface area contributed by atoms with E-state index in [2.05, 4.69) is 30.7 Å². The van der Waals surface area contributed by atoms with Crippen LogP contribution in [0.3, 0.4) is 0 Å². The molecule has 4 heteroatoms. The van der Waals surface area contributed by atoms with Crippen LogP contribution in [-0.4, -0.2) is 29.0 Å². The smallest absolute Gasteiger partial charge is 0.0900 e. The number of nitrogens with zero attached hydrogens (tertiary/aromatic N) is 2. The van der Waals surface area contributed by atoms with E-state index in [1.54, 1.807) is 11.3 Å². The van der Waals surface area contributed by atoms with Gasteiger partial charge in [0.05, 0.1) is 16.7 Å². The van der Waals surface area contributed by atoms with Gasteiger partial charge in [-0.3, -0.25) is 4.90 Å². The van der Waals surface area contributed by atoms with E-state index in [1.165, 1.54) is 15.6 Å². The lowest BCUT2D eigenvalue weighted by Crippen LogP contribution is -2.41. The highest BCUT2D eigenvalue weighted by atomic mass is 32.1. The van der Waals surface area contributed by atoms with Crippen LogP contribution in [0.1, 0.15) is 41.4 Å². The minimum Gasteiger partial charge on any atom is -0.328 e. The van der Waals surface area contributed by atoms with Gasteiger partial charge in [-0.1, -0.05) is 0 Å². The van der Waals surface area contributed by atoms with Crippen LogP contribution in [0.4, 0.5) is 0 Å². The summed E-state index contributed by atoms with van der Waals surface area (Å²) in [5.74, 6) is 0. The highest BCUT2D eigenvalue weighted by molar-refractivity contribution is 7.11. The highest BCUT2D eigenvalue weighted by Gasteiger charge is 2.24. The second-order valence-corrected chi connectivity index (χ2v) is 6.13. The fourth-order valence-electron chi connectivity index (χ4n) is 2.41. The molecule has 1 aromatic rings. The quantitative estimate of drug-likeness (QED) is 0.860. The van der Waals surface area contributed by atoms with E-state index < -0.39 is 0 Å². The minimum atomic E-state index is 0.404. The molecule has 1 aliphatic rings. The summed E-state index contributed by atoms with van der Waals surface area (Å²) >= 11 is 1.80. The van der Waals surface area contributed by atoms with Gasteiger partial charge in [0.1, 0.15) is 0 Å². The fraction of sp³-hybridized carbons (Fsp3) is 0.750. The molecule has 0 spiro atoms. The van der Waals surface area contributed by atoms with Crippen LogP contribution >= 0.6 is 11.3 Å². The summed E-state index contributed by atoms with van der Waals surface area (Å²) in [5.41, 5.74) is 7.19. The molecule has 16 heavy (non-hydrogen) atoms. The maximum absolute atomic E-state index is 5.93. The predicted octanol–water partition coefficient (Wildman–Crippen LogP) is 2.24. The molecule has 1 atom stereocenters.